The minimum atomic E-state index is -0.516. The Bertz CT molecular complexity index is 633. The van der Waals surface area contributed by atoms with Crippen molar-refractivity contribution in [3.63, 3.8) is 0 Å². The SMILES string of the molecule is CSCCC(NC(=O)c1ccccc1Cl)C(=O)N1CCN(CC(C)C)CC1. The smallest absolute Gasteiger partial charge is 0.253 e. The maximum absolute atomic E-state index is 13.0. The first kappa shape index (κ1) is 22.1. The molecule has 1 atom stereocenters. The van der Waals surface area contributed by atoms with Gasteiger partial charge in [-0.25, -0.2) is 0 Å². The highest BCUT2D eigenvalue weighted by Gasteiger charge is 2.29. The molecule has 1 saturated heterocycles. The van der Waals surface area contributed by atoms with Crippen LogP contribution in [-0.4, -0.2) is 72.4 Å². The van der Waals surface area contributed by atoms with Gasteiger partial charge in [-0.2, -0.15) is 11.8 Å². The molecule has 2 amide bonds. The predicted molar refractivity (Wildman–Crippen MR) is 114 cm³/mol. The maximum atomic E-state index is 13.0. The van der Waals surface area contributed by atoms with Crippen molar-refractivity contribution in [3.8, 4) is 0 Å². The van der Waals surface area contributed by atoms with E-state index in [2.05, 4.69) is 24.1 Å². The zero-order valence-corrected chi connectivity index (χ0v) is 18.0. The molecule has 1 unspecified atom stereocenters. The third-order valence-corrected chi connectivity index (χ3v) is 5.61. The lowest BCUT2D eigenvalue weighted by Crippen LogP contribution is -2.55. The molecule has 2 rings (SSSR count). The molecule has 1 aliphatic heterocycles. The second-order valence-corrected chi connectivity index (χ2v) is 8.70. The first-order valence-electron chi connectivity index (χ1n) is 9.47. The van der Waals surface area contributed by atoms with Crippen molar-refractivity contribution in [1.82, 2.24) is 15.1 Å². The summed E-state index contributed by atoms with van der Waals surface area (Å²) in [5, 5.41) is 3.30. The minimum Gasteiger partial charge on any atom is -0.340 e. The van der Waals surface area contributed by atoms with Gasteiger partial charge < -0.3 is 10.2 Å². The lowest BCUT2D eigenvalue weighted by atomic mass is 10.1. The van der Waals surface area contributed by atoms with E-state index in [-0.39, 0.29) is 11.8 Å². The summed E-state index contributed by atoms with van der Waals surface area (Å²) in [7, 11) is 0. The molecule has 0 bridgehead atoms. The second-order valence-electron chi connectivity index (χ2n) is 7.31. The summed E-state index contributed by atoms with van der Waals surface area (Å²) in [5.41, 5.74) is 0.405. The van der Waals surface area contributed by atoms with Gasteiger partial charge in [-0.1, -0.05) is 37.6 Å². The number of rotatable bonds is 8. The number of piperazine rings is 1. The first-order chi connectivity index (χ1) is 12.9. The molecule has 1 N–H and O–H groups in total. The average molecular weight is 412 g/mol. The molecule has 1 aromatic carbocycles. The Kier molecular flexibility index (Phi) is 8.93. The summed E-state index contributed by atoms with van der Waals surface area (Å²) in [6.45, 7) is 8.67. The average Bonchev–Trinajstić information content (AvgIpc) is 2.65. The summed E-state index contributed by atoms with van der Waals surface area (Å²) >= 11 is 7.80. The molecule has 0 aromatic heterocycles. The van der Waals surface area contributed by atoms with Crippen molar-refractivity contribution < 1.29 is 9.59 Å². The van der Waals surface area contributed by atoms with E-state index in [0.29, 0.717) is 36.0 Å². The van der Waals surface area contributed by atoms with Crippen molar-refractivity contribution >= 4 is 35.2 Å². The predicted octanol–water partition coefficient (Wildman–Crippen LogP) is 2.99. The number of halogens is 1. The Morgan fingerprint density at radius 2 is 1.85 bits per heavy atom. The zero-order chi connectivity index (χ0) is 19.8. The van der Waals surface area contributed by atoms with E-state index >= 15 is 0 Å². The third kappa shape index (κ3) is 6.70. The monoisotopic (exact) mass is 411 g/mol. The van der Waals surface area contributed by atoms with Gasteiger partial charge in [0.1, 0.15) is 6.04 Å². The second kappa shape index (κ2) is 10.9. The largest absolute Gasteiger partial charge is 0.340 e. The van der Waals surface area contributed by atoms with Crippen LogP contribution in [0.2, 0.25) is 5.02 Å². The van der Waals surface area contributed by atoms with Gasteiger partial charge in [-0.05, 0) is 36.5 Å². The van der Waals surface area contributed by atoms with E-state index in [0.717, 1.165) is 25.4 Å². The molecule has 7 heteroatoms. The maximum Gasteiger partial charge on any atom is 0.253 e. The van der Waals surface area contributed by atoms with Gasteiger partial charge in [0, 0.05) is 32.7 Å². The number of nitrogens with zero attached hydrogens (tertiary/aromatic N) is 2. The fourth-order valence-corrected chi connectivity index (χ4v) is 3.96. The molecule has 1 aliphatic rings. The molecule has 27 heavy (non-hydrogen) atoms. The van der Waals surface area contributed by atoms with Crippen LogP contribution in [0, 0.1) is 5.92 Å². The van der Waals surface area contributed by atoms with Crippen molar-refractivity contribution in [2.75, 3.05) is 44.7 Å². The number of carbonyl (C=O) groups excluding carboxylic acids is 2. The van der Waals surface area contributed by atoms with Gasteiger partial charge in [0.2, 0.25) is 5.91 Å². The normalized spacial score (nSPS) is 16.4. The molecule has 0 saturated carbocycles. The third-order valence-electron chi connectivity index (χ3n) is 4.64. The van der Waals surface area contributed by atoms with Crippen LogP contribution in [-0.2, 0) is 4.79 Å². The summed E-state index contributed by atoms with van der Waals surface area (Å²) in [4.78, 5) is 29.9. The van der Waals surface area contributed by atoms with Crippen LogP contribution in [0.25, 0.3) is 0 Å². The van der Waals surface area contributed by atoms with E-state index in [1.807, 2.05) is 11.2 Å². The molecular formula is C20H30ClN3O2S. The zero-order valence-electron chi connectivity index (χ0n) is 16.4. The van der Waals surface area contributed by atoms with Crippen LogP contribution >= 0.6 is 23.4 Å². The van der Waals surface area contributed by atoms with Crippen LogP contribution in [0.4, 0.5) is 0 Å². The lowest BCUT2D eigenvalue weighted by Gasteiger charge is -2.37. The van der Waals surface area contributed by atoms with Crippen LogP contribution in [0.3, 0.4) is 0 Å². The first-order valence-corrected chi connectivity index (χ1v) is 11.2. The Labute approximate surface area is 171 Å². The number of thioether (sulfide) groups is 1. The number of hydrogen-bond acceptors (Lipinski definition) is 4. The molecular weight excluding hydrogens is 382 g/mol. The van der Waals surface area contributed by atoms with Crippen molar-refractivity contribution in [2.24, 2.45) is 5.92 Å². The van der Waals surface area contributed by atoms with Gasteiger partial charge in [-0.15, -0.1) is 0 Å². The van der Waals surface area contributed by atoms with Crippen LogP contribution in [0.15, 0.2) is 24.3 Å². The van der Waals surface area contributed by atoms with Crippen LogP contribution in [0.1, 0.15) is 30.6 Å². The summed E-state index contributed by atoms with van der Waals surface area (Å²) in [6, 6.07) is 6.40. The standard InChI is InChI=1S/C20H30ClN3O2S/c1-15(2)14-23-9-11-24(12-10-23)20(26)18(8-13-27-3)22-19(25)16-6-4-5-7-17(16)21/h4-7,15,18H,8-14H2,1-3H3,(H,22,25). The Morgan fingerprint density at radius 3 is 2.44 bits per heavy atom. The minimum absolute atomic E-state index is 0.00801. The highest BCUT2D eigenvalue weighted by molar-refractivity contribution is 7.98. The van der Waals surface area contributed by atoms with Gasteiger partial charge in [0.25, 0.3) is 5.91 Å². The van der Waals surface area contributed by atoms with E-state index < -0.39 is 6.04 Å². The van der Waals surface area contributed by atoms with Gasteiger partial charge in [-0.3, -0.25) is 14.5 Å². The Hall–Kier alpha value is -1.24. The van der Waals surface area contributed by atoms with Crippen molar-refractivity contribution in [3.05, 3.63) is 34.9 Å². The summed E-state index contributed by atoms with van der Waals surface area (Å²) in [5.74, 6) is 1.15. The number of hydrogen-bond donors (Lipinski definition) is 1. The van der Waals surface area contributed by atoms with Crippen LogP contribution in [0.5, 0.6) is 0 Å². The molecule has 1 heterocycles. The van der Waals surface area contributed by atoms with E-state index in [1.165, 1.54) is 0 Å². The molecule has 0 aliphatic carbocycles. The summed E-state index contributed by atoms with van der Waals surface area (Å²) < 4.78 is 0. The molecule has 5 nitrogen and oxygen atoms in total. The van der Waals surface area contributed by atoms with Crippen molar-refractivity contribution in [1.29, 1.82) is 0 Å². The number of carbonyl (C=O) groups is 2. The molecule has 0 spiro atoms. The van der Waals surface area contributed by atoms with Gasteiger partial charge >= 0.3 is 0 Å². The molecule has 150 valence electrons. The Morgan fingerprint density at radius 1 is 1.19 bits per heavy atom. The topological polar surface area (TPSA) is 52.7 Å². The number of amides is 2. The molecule has 1 aromatic rings. The van der Waals surface area contributed by atoms with Crippen LogP contribution < -0.4 is 5.32 Å². The van der Waals surface area contributed by atoms with Gasteiger partial charge in [0.05, 0.1) is 10.6 Å². The number of nitrogens with one attached hydrogen (secondary N) is 1. The quantitative estimate of drug-likeness (QED) is 0.714. The lowest BCUT2D eigenvalue weighted by molar-refractivity contribution is -0.135. The van der Waals surface area contributed by atoms with E-state index in [4.69, 9.17) is 11.6 Å². The van der Waals surface area contributed by atoms with E-state index in [1.54, 1.807) is 36.0 Å². The summed E-state index contributed by atoms with van der Waals surface area (Å²) in [6.07, 6.45) is 2.62. The Balaban J connectivity index is 1.99. The fraction of sp³-hybridized carbons (Fsp3) is 0.600. The van der Waals surface area contributed by atoms with Gasteiger partial charge in [0.15, 0.2) is 0 Å². The van der Waals surface area contributed by atoms with Crippen molar-refractivity contribution in [2.45, 2.75) is 26.3 Å². The highest BCUT2D eigenvalue weighted by Crippen LogP contribution is 2.16. The molecule has 0 radical (unpaired) electrons. The highest BCUT2D eigenvalue weighted by atomic mass is 35.5. The molecule has 1 fully saturated rings. The number of benzene rings is 1. The fourth-order valence-electron chi connectivity index (χ4n) is 3.26. The van der Waals surface area contributed by atoms with E-state index in [9.17, 15) is 9.59 Å².